The maximum absolute atomic E-state index is 12.0. The minimum Gasteiger partial charge on any atom is -0.368 e. The zero-order chi connectivity index (χ0) is 21.0. The summed E-state index contributed by atoms with van der Waals surface area (Å²) >= 11 is 6.68. The minimum absolute atomic E-state index is 0.106. The Morgan fingerprint density at radius 2 is 1.52 bits per heavy atom. The molecule has 29 heavy (non-hydrogen) atoms. The number of nitrogens with one attached hydrogen (secondary N) is 2. The molecule has 0 aromatic heterocycles. The van der Waals surface area contributed by atoms with Crippen LogP contribution in [0.3, 0.4) is 0 Å². The molecule has 4 rings (SSSR count). The van der Waals surface area contributed by atoms with Crippen molar-refractivity contribution in [3.05, 3.63) is 68.6 Å². The van der Waals surface area contributed by atoms with E-state index in [1.165, 1.54) is 12.8 Å². The average molecular weight is 524 g/mol. The average Bonchev–Trinajstić information content (AvgIpc) is 3.29. The standard InChI is InChI=1S/C13H15BrN2O.C8H9BrN2O/c14-10-5-3-9(4-6-10)11-12(17)16-13(15-11)7-1-2-8-13;9-6-3-1-5(2-4-6)7(10)8(11)12/h3-6,11,15H,1-2,7-8H2,(H,16,17);1-4,7H,10H2,(H2,11,12). The van der Waals surface area contributed by atoms with Crippen LogP contribution in [-0.2, 0) is 9.59 Å². The lowest BCUT2D eigenvalue weighted by atomic mass is 10.1. The highest BCUT2D eigenvalue weighted by atomic mass is 79.9. The van der Waals surface area contributed by atoms with E-state index in [1.54, 1.807) is 12.1 Å². The van der Waals surface area contributed by atoms with Crippen LogP contribution in [0.15, 0.2) is 57.5 Å². The van der Waals surface area contributed by atoms with Crippen LogP contribution < -0.4 is 22.1 Å². The van der Waals surface area contributed by atoms with Crippen molar-refractivity contribution < 1.29 is 9.59 Å². The number of hydrogen-bond donors (Lipinski definition) is 4. The Bertz CT molecular complexity index is 865. The van der Waals surface area contributed by atoms with E-state index < -0.39 is 11.9 Å². The normalized spacial score (nSPS) is 20.7. The fourth-order valence-corrected chi connectivity index (χ4v) is 4.19. The first-order chi connectivity index (χ1) is 13.8. The SMILES string of the molecule is NC(=O)C(N)c1ccc(Br)cc1.O=C1NC2(CCCC2)NC1c1ccc(Br)cc1. The Kier molecular flexibility index (Phi) is 7.10. The van der Waals surface area contributed by atoms with Gasteiger partial charge in [-0.05, 0) is 61.1 Å². The second kappa shape index (κ2) is 9.38. The Morgan fingerprint density at radius 3 is 2.03 bits per heavy atom. The molecular weight excluding hydrogens is 500 g/mol. The van der Waals surface area contributed by atoms with Gasteiger partial charge in [-0.2, -0.15) is 0 Å². The molecule has 2 amide bonds. The number of hydrogen-bond acceptors (Lipinski definition) is 4. The number of amides is 2. The van der Waals surface area contributed by atoms with Gasteiger partial charge in [0.1, 0.15) is 12.1 Å². The summed E-state index contributed by atoms with van der Waals surface area (Å²) in [6, 6.07) is 14.2. The summed E-state index contributed by atoms with van der Waals surface area (Å²) in [5.41, 5.74) is 12.2. The van der Waals surface area contributed by atoms with Gasteiger partial charge in [0.2, 0.25) is 11.8 Å². The van der Waals surface area contributed by atoms with Crippen molar-refractivity contribution in [3.63, 3.8) is 0 Å². The molecule has 1 heterocycles. The zero-order valence-electron chi connectivity index (χ0n) is 15.8. The molecule has 6 N–H and O–H groups in total. The van der Waals surface area contributed by atoms with Crippen LogP contribution >= 0.6 is 31.9 Å². The first-order valence-electron chi connectivity index (χ1n) is 9.45. The largest absolute Gasteiger partial charge is 0.368 e. The van der Waals surface area contributed by atoms with Crippen LogP contribution in [-0.4, -0.2) is 17.5 Å². The molecule has 2 fully saturated rings. The Hall–Kier alpha value is -1.74. The number of benzene rings is 2. The van der Waals surface area contributed by atoms with Crippen LogP contribution in [0.1, 0.15) is 48.9 Å². The molecule has 6 nitrogen and oxygen atoms in total. The van der Waals surface area contributed by atoms with Gasteiger partial charge in [-0.25, -0.2) is 0 Å². The van der Waals surface area contributed by atoms with E-state index in [2.05, 4.69) is 42.5 Å². The van der Waals surface area contributed by atoms with Crippen molar-refractivity contribution in [2.75, 3.05) is 0 Å². The molecule has 2 unspecified atom stereocenters. The lowest BCUT2D eigenvalue weighted by molar-refractivity contribution is -0.121. The number of halogens is 2. The second-order valence-corrected chi connectivity index (χ2v) is 9.17. The number of nitrogens with two attached hydrogens (primary N) is 2. The van der Waals surface area contributed by atoms with Gasteiger partial charge in [0.05, 0.1) is 5.66 Å². The summed E-state index contributed by atoms with van der Waals surface area (Å²) in [6.07, 6.45) is 4.48. The highest BCUT2D eigenvalue weighted by Crippen LogP contribution is 2.34. The lowest BCUT2D eigenvalue weighted by Gasteiger charge is -2.23. The smallest absolute Gasteiger partial charge is 0.243 e. The van der Waals surface area contributed by atoms with E-state index in [0.717, 1.165) is 32.9 Å². The lowest BCUT2D eigenvalue weighted by Crippen LogP contribution is -2.46. The minimum atomic E-state index is -0.710. The van der Waals surface area contributed by atoms with Crippen LogP contribution in [0.2, 0.25) is 0 Å². The molecule has 2 aromatic rings. The van der Waals surface area contributed by atoms with Crippen molar-refractivity contribution in [3.8, 4) is 0 Å². The molecule has 1 aliphatic heterocycles. The number of rotatable bonds is 3. The summed E-state index contributed by atoms with van der Waals surface area (Å²) in [4.78, 5) is 22.7. The van der Waals surface area contributed by atoms with Crippen LogP contribution in [0, 0.1) is 0 Å². The van der Waals surface area contributed by atoms with Crippen LogP contribution in [0.4, 0.5) is 0 Å². The Labute approximate surface area is 187 Å². The molecule has 154 valence electrons. The van der Waals surface area contributed by atoms with Crippen molar-refractivity contribution in [2.24, 2.45) is 11.5 Å². The van der Waals surface area contributed by atoms with Gasteiger partial charge in [0.25, 0.3) is 0 Å². The Morgan fingerprint density at radius 1 is 1.00 bits per heavy atom. The van der Waals surface area contributed by atoms with Crippen LogP contribution in [0.5, 0.6) is 0 Å². The maximum atomic E-state index is 12.0. The van der Waals surface area contributed by atoms with Gasteiger partial charge in [0.15, 0.2) is 0 Å². The van der Waals surface area contributed by atoms with E-state index in [-0.39, 0.29) is 17.6 Å². The maximum Gasteiger partial charge on any atom is 0.243 e. The molecule has 0 bridgehead atoms. The van der Waals surface area contributed by atoms with Gasteiger partial charge in [-0.3, -0.25) is 14.9 Å². The molecule has 2 aromatic carbocycles. The molecular formula is C21H24Br2N4O2. The third kappa shape index (κ3) is 5.45. The quantitative estimate of drug-likeness (QED) is 0.494. The fourth-order valence-electron chi connectivity index (χ4n) is 3.66. The van der Waals surface area contributed by atoms with E-state index in [9.17, 15) is 9.59 Å². The monoisotopic (exact) mass is 522 g/mol. The highest BCUT2D eigenvalue weighted by Gasteiger charge is 2.45. The van der Waals surface area contributed by atoms with Crippen molar-refractivity contribution >= 4 is 43.7 Å². The predicted octanol–water partition coefficient (Wildman–Crippen LogP) is 3.41. The van der Waals surface area contributed by atoms with Gasteiger partial charge in [-0.15, -0.1) is 0 Å². The van der Waals surface area contributed by atoms with Gasteiger partial charge < -0.3 is 16.8 Å². The Balaban J connectivity index is 0.000000177. The molecule has 8 heteroatoms. The van der Waals surface area contributed by atoms with Gasteiger partial charge >= 0.3 is 0 Å². The summed E-state index contributed by atoms with van der Waals surface area (Å²) in [5, 5.41) is 6.61. The van der Waals surface area contributed by atoms with Crippen molar-refractivity contribution in [1.82, 2.24) is 10.6 Å². The molecule has 1 saturated heterocycles. The second-order valence-electron chi connectivity index (χ2n) is 7.34. The molecule has 2 aliphatic rings. The summed E-state index contributed by atoms with van der Waals surface area (Å²) in [7, 11) is 0. The number of carbonyl (C=O) groups excluding carboxylic acids is 2. The first-order valence-corrected chi connectivity index (χ1v) is 11.0. The predicted molar refractivity (Wildman–Crippen MR) is 120 cm³/mol. The fraction of sp³-hybridized carbons (Fsp3) is 0.333. The molecule has 1 aliphatic carbocycles. The molecule has 0 radical (unpaired) electrons. The van der Waals surface area contributed by atoms with Crippen molar-refractivity contribution in [2.45, 2.75) is 43.4 Å². The zero-order valence-corrected chi connectivity index (χ0v) is 19.0. The van der Waals surface area contributed by atoms with E-state index in [0.29, 0.717) is 0 Å². The summed E-state index contributed by atoms with van der Waals surface area (Å²) in [5.74, 6) is -0.411. The molecule has 2 atom stereocenters. The number of primary amides is 1. The van der Waals surface area contributed by atoms with E-state index in [1.807, 2.05) is 36.4 Å². The van der Waals surface area contributed by atoms with E-state index >= 15 is 0 Å². The summed E-state index contributed by atoms with van der Waals surface area (Å²) in [6.45, 7) is 0. The van der Waals surface area contributed by atoms with Crippen molar-refractivity contribution in [1.29, 1.82) is 0 Å². The van der Waals surface area contributed by atoms with Gasteiger partial charge in [-0.1, -0.05) is 56.1 Å². The summed E-state index contributed by atoms with van der Waals surface area (Å²) < 4.78 is 1.98. The third-order valence-corrected chi connectivity index (χ3v) is 6.30. The van der Waals surface area contributed by atoms with E-state index in [4.69, 9.17) is 11.5 Å². The first kappa shape index (κ1) is 22.0. The third-order valence-electron chi connectivity index (χ3n) is 5.24. The molecule has 1 saturated carbocycles. The number of carbonyl (C=O) groups is 2. The topological polar surface area (TPSA) is 110 Å². The van der Waals surface area contributed by atoms with Gasteiger partial charge in [0, 0.05) is 8.95 Å². The van der Waals surface area contributed by atoms with Crippen LogP contribution in [0.25, 0.3) is 0 Å². The highest BCUT2D eigenvalue weighted by molar-refractivity contribution is 9.10. The molecule has 1 spiro atoms.